The number of rotatable bonds is 6. The smallest absolute Gasteiger partial charge is 0.165 e. The highest BCUT2D eigenvalue weighted by Crippen LogP contribution is 2.49. The molecule has 0 saturated carbocycles. The zero-order valence-electron chi connectivity index (χ0n) is 73.0. The summed E-state index contributed by atoms with van der Waals surface area (Å²) in [5.74, 6) is 2.09. The SMILES string of the molecule is [2H]c1c([2H])c([2H])c(-c2nc3ccccc3nc2-n2c3ccccc3c3cc4sc5c6ccccc6ccc5c4cc32)c([2H])c1[2H].c1ccc(-c2nc3ccccc3nc2-n2c3cc4c(cc3c3c5ccccc5ccc32)sc2ccccc24)cc1.c1ccc2cc(-c3nc4ccc5ccccc5c4nc3-n3c4ccccc4c4cc5sc6c7ccccc7ccc6c5cc43)ccc2c1. The summed E-state index contributed by atoms with van der Waals surface area (Å²) in [5, 5.41) is 26.5. The van der Waals surface area contributed by atoms with Crippen LogP contribution in [0.4, 0.5) is 0 Å². The number of nitrogens with zero attached hydrogens (tertiary/aromatic N) is 9. The Bertz CT molecular complexity index is 10100. The maximum absolute atomic E-state index is 8.82. The first-order valence-corrected chi connectivity index (χ1v) is 45.1. The number of hydrogen-bond donors (Lipinski definition) is 0. The molecule has 0 fully saturated rings. The first-order valence-electron chi connectivity index (χ1n) is 45.2. The molecule has 0 radical (unpaired) electrons. The van der Waals surface area contributed by atoms with Crippen LogP contribution in [0.2, 0.25) is 0 Å². The van der Waals surface area contributed by atoms with Gasteiger partial charge in [-0.1, -0.05) is 309 Å². The maximum atomic E-state index is 8.82. The molecule has 0 unspecified atom stereocenters. The van der Waals surface area contributed by atoms with Crippen molar-refractivity contribution in [1.29, 1.82) is 0 Å². The molecule has 0 saturated heterocycles. The van der Waals surface area contributed by atoms with Crippen molar-refractivity contribution in [3.8, 4) is 51.2 Å². The van der Waals surface area contributed by atoms with Gasteiger partial charge in [0.05, 0.1) is 73.1 Å². The van der Waals surface area contributed by atoms with Crippen molar-refractivity contribution < 1.29 is 6.85 Å². The van der Waals surface area contributed by atoms with Gasteiger partial charge in [-0.15, -0.1) is 34.0 Å². The Morgan fingerprint density at radius 2 is 0.609 bits per heavy atom. The molecule has 20 aromatic carbocycles. The molecule has 0 aliphatic rings. The molecule has 0 bridgehead atoms. The summed E-state index contributed by atoms with van der Waals surface area (Å²) < 4.78 is 57.0. The Kier molecular flexibility index (Phi) is 15.1. The highest BCUT2D eigenvalue weighted by atomic mass is 32.1. The Labute approximate surface area is 749 Å². The average Bonchev–Trinajstić information content (AvgIpc) is 1.56. The van der Waals surface area contributed by atoms with Crippen molar-refractivity contribution in [3.05, 3.63) is 406 Å². The molecule has 594 valence electrons. The quantitative estimate of drug-likeness (QED) is 0.154. The van der Waals surface area contributed by atoms with Crippen LogP contribution in [0.25, 0.3) is 264 Å². The maximum Gasteiger partial charge on any atom is 0.165 e. The molecule has 0 aliphatic carbocycles. The molecule has 0 spiro atoms. The summed E-state index contributed by atoms with van der Waals surface area (Å²) >= 11 is 5.53. The zero-order chi connectivity index (χ0) is 88.1. The first-order chi connectivity index (χ1) is 65.5. The van der Waals surface area contributed by atoms with Crippen LogP contribution >= 0.6 is 34.0 Å². The summed E-state index contributed by atoms with van der Waals surface area (Å²) in [6.07, 6.45) is 0. The predicted octanol–water partition coefficient (Wildman–Crippen LogP) is 32.1. The summed E-state index contributed by atoms with van der Waals surface area (Å²) in [6.45, 7) is 0. The van der Waals surface area contributed by atoms with E-state index in [1.165, 1.54) is 120 Å². The third-order valence-corrected chi connectivity index (χ3v) is 29.1. The monoisotopic (exact) mass is 1690 g/mol. The Balaban J connectivity index is 0.000000102. The number of thiophene rings is 3. The molecule has 9 nitrogen and oxygen atoms in total. The van der Waals surface area contributed by atoms with E-state index in [0.717, 1.165) is 116 Å². The van der Waals surface area contributed by atoms with Crippen molar-refractivity contribution in [1.82, 2.24) is 43.6 Å². The fraction of sp³-hybridized carbons (Fsp3) is 0. The van der Waals surface area contributed by atoms with Crippen molar-refractivity contribution in [2.24, 2.45) is 0 Å². The summed E-state index contributed by atoms with van der Waals surface area (Å²) in [6, 6.07) is 131. The van der Waals surface area contributed by atoms with E-state index in [0.29, 0.717) is 16.9 Å². The number of benzene rings is 20. The van der Waals surface area contributed by atoms with Crippen LogP contribution < -0.4 is 0 Å². The molecule has 12 heteroatoms. The van der Waals surface area contributed by atoms with Crippen molar-refractivity contribution in [2.75, 3.05) is 0 Å². The van der Waals surface area contributed by atoms with Crippen LogP contribution in [-0.2, 0) is 0 Å². The van der Waals surface area contributed by atoms with Crippen molar-refractivity contribution in [2.45, 2.75) is 0 Å². The van der Waals surface area contributed by atoms with Crippen LogP contribution in [0.15, 0.2) is 406 Å². The van der Waals surface area contributed by atoms with Gasteiger partial charge in [-0.3, -0.25) is 13.7 Å². The zero-order valence-corrected chi connectivity index (χ0v) is 70.5. The Hall–Kier alpha value is -16.2. The van der Waals surface area contributed by atoms with Gasteiger partial charge in [-0.05, 0) is 146 Å². The molecule has 29 aromatic rings. The third kappa shape index (κ3) is 11.3. The van der Waals surface area contributed by atoms with E-state index in [1.54, 1.807) is 11.3 Å². The minimum Gasteiger partial charge on any atom is -0.292 e. The predicted molar refractivity (Wildman–Crippen MR) is 544 cm³/mol. The number of aromatic nitrogens is 9. The molecule has 9 aromatic heterocycles. The van der Waals surface area contributed by atoms with E-state index in [1.807, 2.05) is 94.0 Å². The van der Waals surface area contributed by atoms with Crippen LogP contribution in [0, 0.1) is 0 Å². The molecule has 0 N–H and O–H groups in total. The van der Waals surface area contributed by atoms with Gasteiger partial charge in [0.15, 0.2) is 17.5 Å². The second-order valence-electron chi connectivity index (χ2n) is 32.7. The summed E-state index contributed by atoms with van der Waals surface area (Å²) in [5.41, 5.74) is 15.2. The molecule has 29 rings (SSSR count). The minimum absolute atomic E-state index is 0.0220. The van der Waals surface area contributed by atoms with Gasteiger partial charge >= 0.3 is 0 Å². The first kappa shape index (κ1) is 67.3. The van der Waals surface area contributed by atoms with Crippen LogP contribution in [0.3, 0.4) is 0 Å². The second-order valence-corrected chi connectivity index (χ2v) is 35.9. The lowest BCUT2D eigenvalue weighted by molar-refractivity contribution is 1.08. The molecular weight excluding hydrogens is 1620 g/mol. The summed E-state index contributed by atoms with van der Waals surface area (Å²) in [4.78, 5) is 31.5. The van der Waals surface area contributed by atoms with Gasteiger partial charge in [0.1, 0.15) is 17.1 Å². The highest BCUT2D eigenvalue weighted by Gasteiger charge is 2.27. The molecule has 9 heterocycles. The highest BCUT2D eigenvalue weighted by molar-refractivity contribution is 7.27. The van der Waals surface area contributed by atoms with Crippen molar-refractivity contribution >= 4 is 247 Å². The van der Waals surface area contributed by atoms with Gasteiger partial charge in [-0.25, -0.2) is 29.9 Å². The van der Waals surface area contributed by atoms with E-state index >= 15 is 0 Å². The van der Waals surface area contributed by atoms with Gasteiger partial charge in [0.25, 0.3) is 0 Å². The Morgan fingerprint density at radius 3 is 1.22 bits per heavy atom. The average molecular weight is 1690 g/mol. The molecule has 0 aliphatic heterocycles. The lowest BCUT2D eigenvalue weighted by atomic mass is 10.0. The van der Waals surface area contributed by atoms with Crippen LogP contribution in [0.5, 0.6) is 0 Å². The van der Waals surface area contributed by atoms with Gasteiger partial charge in [0, 0.05) is 115 Å². The lowest BCUT2D eigenvalue weighted by Crippen LogP contribution is -2.04. The second kappa shape index (κ2) is 28.7. The van der Waals surface area contributed by atoms with E-state index in [9.17, 15) is 0 Å². The minimum atomic E-state index is -0.444. The molecule has 128 heavy (non-hydrogen) atoms. The van der Waals surface area contributed by atoms with E-state index < -0.39 is 18.1 Å². The van der Waals surface area contributed by atoms with E-state index in [-0.39, 0.29) is 23.3 Å². The number of para-hydroxylation sites is 6. The van der Waals surface area contributed by atoms with Crippen LogP contribution in [0.1, 0.15) is 6.85 Å². The Morgan fingerprint density at radius 1 is 0.203 bits per heavy atom. The topological polar surface area (TPSA) is 92.1 Å². The molecule has 0 amide bonds. The summed E-state index contributed by atoms with van der Waals surface area (Å²) in [7, 11) is 0. The molecule has 0 atom stereocenters. The van der Waals surface area contributed by atoms with E-state index in [2.05, 4.69) is 319 Å². The van der Waals surface area contributed by atoms with Gasteiger partial charge in [-0.2, -0.15) is 0 Å². The van der Waals surface area contributed by atoms with E-state index in [4.69, 9.17) is 36.8 Å². The fourth-order valence-electron chi connectivity index (χ4n) is 19.7. The van der Waals surface area contributed by atoms with Gasteiger partial charge < -0.3 is 0 Å². The normalized spacial score (nSPS) is 12.6. The lowest BCUT2D eigenvalue weighted by Gasteiger charge is -2.15. The van der Waals surface area contributed by atoms with Crippen LogP contribution in [-0.4, -0.2) is 43.6 Å². The standard InChI is InChI=1S/C44H25N3S.2C36H21N3S/c1-2-12-29-23-30(18-17-26(29)9-1)41-44(46-42-31-13-5-3-10-27(31)20-22-37(42)45-41)47-38-16-8-7-15-33(38)35-25-40-36(24-39(35)47)34-21-19-28-11-4-6-14-32(28)43(34)48-40;1-2-11-23(12-3-1)35-36(38-29-16-8-7-15-28(29)37-35)39-30-19-18-22-10-4-5-13-24(22)34(30)27-21-33-26(20-31(27)39)25-14-6-9-17-32(25)40-33;1-2-11-23(12-3-1)34-36(38-30-16-8-7-15-29(30)37-34)39-31-17-9-6-14-25(31)27-21-33-28(20-32(27)39)26-19-18-22-10-4-5-13-24(22)35(26)40-33/h1-25H;2*1-21H/i;;1D,2D,3D,11D,12D. The molecular formula is C116H67N9S3. The van der Waals surface area contributed by atoms with Crippen molar-refractivity contribution in [3.63, 3.8) is 0 Å². The largest absolute Gasteiger partial charge is 0.292 e. The van der Waals surface area contributed by atoms with Gasteiger partial charge in [0.2, 0.25) is 0 Å². The number of fused-ring (bicyclic) bond motifs is 30. The number of hydrogen-bond acceptors (Lipinski definition) is 9. The fourth-order valence-corrected chi connectivity index (χ4v) is 23.4. The third-order valence-electron chi connectivity index (χ3n) is 25.6.